The highest BCUT2D eigenvalue weighted by Crippen LogP contribution is 2.24. The normalized spacial score (nSPS) is 17.0. The summed E-state index contributed by atoms with van der Waals surface area (Å²) >= 11 is 0. The molecule has 1 saturated heterocycles. The van der Waals surface area contributed by atoms with E-state index in [4.69, 9.17) is 4.74 Å². The average Bonchev–Trinajstić information content (AvgIpc) is 2.62. The third-order valence-corrected chi connectivity index (χ3v) is 4.59. The average molecular weight is 382 g/mol. The van der Waals surface area contributed by atoms with Crippen LogP contribution in [0.3, 0.4) is 0 Å². The van der Waals surface area contributed by atoms with Crippen LogP contribution < -0.4 is 5.32 Å². The molecule has 8 heteroatoms. The Morgan fingerprint density at radius 3 is 2.58 bits per heavy atom. The standard InChI is InChI=1S/C18H23N3O4.ClH/c1-2-25-18(24)21-9-7-20(8-10-21)12-16(22)14-3-5-15-13(11-14)4-6-17(23)19-15;/h3,5,11H,2,4,6-10,12H2,1H3,(H,19,23);1H. The minimum absolute atomic E-state index is 0. The number of halogens is 1. The molecular formula is C18H24ClN3O4. The van der Waals surface area contributed by atoms with Gasteiger partial charge in [0.05, 0.1) is 13.2 Å². The molecule has 142 valence electrons. The maximum atomic E-state index is 12.5. The molecule has 0 atom stereocenters. The second-order valence-corrected chi connectivity index (χ2v) is 6.31. The Morgan fingerprint density at radius 1 is 1.15 bits per heavy atom. The zero-order valence-electron chi connectivity index (χ0n) is 14.8. The van der Waals surface area contributed by atoms with Gasteiger partial charge in [-0.2, -0.15) is 0 Å². The zero-order chi connectivity index (χ0) is 17.8. The number of rotatable bonds is 4. The molecule has 26 heavy (non-hydrogen) atoms. The molecule has 1 aromatic rings. The van der Waals surface area contributed by atoms with Crippen molar-refractivity contribution < 1.29 is 19.1 Å². The SMILES string of the molecule is CCOC(=O)N1CCN(CC(=O)c2ccc3c(c2)CCC(=O)N3)CC1.Cl. The highest BCUT2D eigenvalue weighted by molar-refractivity contribution is 6.00. The summed E-state index contributed by atoms with van der Waals surface area (Å²) in [5.74, 6) is 0.0790. The van der Waals surface area contributed by atoms with Crippen molar-refractivity contribution in [3.05, 3.63) is 29.3 Å². The van der Waals surface area contributed by atoms with Gasteiger partial charge in [0.1, 0.15) is 0 Å². The molecule has 2 aliphatic rings. The molecular weight excluding hydrogens is 358 g/mol. The zero-order valence-corrected chi connectivity index (χ0v) is 15.6. The van der Waals surface area contributed by atoms with Crippen LogP contribution in [-0.2, 0) is 16.0 Å². The third-order valence-electron chi connectivity index (χ3n) is 4.59. The van der Waals surface area contributed by atoms with Crippen LogP contribution in [0, 0.1) is 0 Å². The van der Waals surface area contributed by atoms with Crippen molar-refractivity contribution in [2.75, 3.05) is 44.6 Å². The molecule has 2 amide bonds. The van der Waals surface area contributed by atoms with Gasteiger partial charge in [0.25, 0.3) is 0 Å². The first-order valence-electron chi connectivity index (χ1n) is 8.67. The lowest BCUT2D eigenvalue weighted by Crippen LogP contribution is -2.50. The monoisotopic (exact) mass is 381 g/mol. The summed E-state index contributed by atoms with van der Waals surface area (Å²) in [5, 5.41) is 2.82. The summed E-state index contributed by atoms with van der Waals surface area (Å²) in [7, 11) is 0. The van der Waals surface area contributed by atoms with E-state index in [2.05, 4.69) is 10.2 Å². The van der Waals surface area contributed by atoms with Crippen LogP contribution in [0.5, 0.6) is 0 Å². The molecule has 0 saturated carbocycles. The van der Waals surface area contributed by atoms with E-state index in [0.29, 0.717) is 57.7 Å². The number of hydrogen-bond donors (Lipinski definition) is 1. The predicted molar refractivity (Wildman–Crippen MR) is 100 cm³/mol. The molecule has 7 nitrogen and oxygen atoms in total. The van der Waals surface area contributed by atoms with E-state index in [-0.39, 0.29) is 30.2 Å². The Morgan fingerprint density at radius 2 is 1.88 bits per heavy atom. The molecule has 0 bridgehead atoms. The lowest BCUT2D eigenvalue weighted by molar-refractivity contribution is -0.116. The predicted octanol–water partition coefficient (Wildman–Crippen LogP) is 1.95. The van der Waals surface area contributed by atoms with Crippen molar-refractivity contribution in [3.8, 4) is 0 Å². The smallest absolute Gasteiger partial charge is 0.409 e. The maximum absolute atomic E-state index is 12.5. The second-order valence-electron chi connectivity index (χ2n) is 6.31. The van der Waals surface area contributed by atoms with Crippen LogP contribution in [0.1, 0.15) is 29.3 Å². The van der Waals surface area contributed by atoms with Crippen LogP contribution in [0.2, 0.25) is 0 Å². The van der Waals surface area contributed by atoms with Gasteiger partial charge in [-0.15, -0.1) is 12.4 Å². The number of Topliss-reactive ketones (excluding diaryl/α,β-unsaturated/α-hetero) is 1. The fraction of sp³-hybridized carbons (Fsp3) is 0.500. The van der Waals surface area contributed by atoms with Crippen LogP contribution >= 0.6 is 12.4 Å². The van der Waals surface area contributed by atoms with Crippen LogP contribution in [0.4, 0.5) is 10.5 Å². The van der Waals surface area contributed by atoms with Crippen LogP contribution in [0.25, 0.3) is 0 Å². The summed E-state index contributed by atoms with van der Waals surface area (Å²) in [5.41, 5.74) is 2.48. The van der Waals surface area contributed by atoms with Crippen molar-refractivity contribution in [3.63, 3.8) is 0 Å². The number of hydrogen-bond acceptors (Lipinski definition) is 5. The summed E-state index contributed by atoms with van der Waals surface area (Å²) in [6.07, 6.45) is 0.839. The number of amides is 2. The Bertz CT molecular complexity index is 687. The van der Waals surface area contributed by atoms with Gasteiger partial charge in [-0.05, 0) is 37.1 Å². The van der Waals surface area contributed by atoms with E-state index in [0.717, 1.165) is 11.3 Å². The van der Waals surface area contributed by atoms with Crippen molar-refractivity contribution >= 4 is 35.9 Å². The topological polar surface area (TPSA) is 79.0 Å². The van der Waals surface area contributed by atoms with Gasteiger partial charge >= 0.3 is 6.09 Å². The molecule has 1 N–H and O–H groups in total. The fourth-order valence-electron chi connectivity index (χ4n) is 3.15. The number of carbonyl (C=O) groups excluding carboxylic acids is 3. The maximum Gasteiger partial charge on any atom is 0.409 e. The van der Waals surface area contributed by atoms with Crippen LogP contribution in [-0.4, -0.2) is 66.9 Å². The summed E-state index contributed by atoms with van der Waals surface area (Å²) in [6.45, 7) is 4.96. The number of nitrogens with one attached hydrogen (secondary N) is 1. The number of nitrogens with zero attached hydrogens (tertiary/aromatic N) is 2. The molecule has 3 rings (SSSR count). The van der Waals surface area contributed by atoms with Crippen molar-refractivity contribution in [2.24, 2.45) is 0 Å². The Labute approximate surface area is 159 Å². The van der Waals surface area contributed by atoms with Gasteiger partial charge in [-0.3, -0.25) is 14.5 Å². The first-order chi connectivity index (χ1) is 12.1. The highest BCUT2D eigenvalue weighted by atomic mass is 35.5. The van der Waals surface area contributed by atoms with Gasteiger partial charge in [-0.25, -0.2) is 4.79 Å². The number of anilines is 1. The van der Waals surface area contributed by atoms with Gasteiger partial charge in [-0.1, -0.05) is 0 Å². The third kappa shape index (κ3) is 4.74. The molecule has 0 aromatic heterocycles. The van der Waals surface area contributed by atoms with E-state index in [9.17, 15) is 14.4 Å². The lowest BCUT2D eigenvalue weighted by atomic mass is 9.98. The molecule has 0 unspecified atom stereocenters. The quantitative estimate of drug-likeness (QED) is 0.806. The molecule has 2 aliphatic heterocycles. The largest absolute Gasteiger partial charge is 0.450 e. The van der Waals surface area contributed by atoms with E-state index < -0.39 is 0 Å². The van der Waals surface area contributed by atoms with Crippen molar-refractivity contribution in [2.45, 2.75) is 19.8 Å². The minimum atomic E-state index is -0.287. The summed E-state index contributed by atoms with van der Waals surface area (Å²) in [6, 6.07) is 5.45. The fourth-order valence-corrected chi connectivity index (χ4v) is 3.15. The highest BCUT2D eigenvalue weighted by Gasteiger charge is 2.24. The first kappa shape index (κ1) is 20.2. The van der Waals surface area contributed by atoms with Crippen molar-refractivity contribution in [1.29, 1.82) is 0 Å². The summed E-state index contributed by atoms with van der Waals surface area (Å²) < 4.78 is 5.00. The molecule has 0 radical (unpaired) electrons. The van der Waals surface area contributed by atoms with E-state index >= 15 is 0 Å². The Hall–Kier alpha value is -2.12. The number of carbonyl (C=O) groups is 3. The molecule has 1 fully saturated rings. The van der Waals surface area contributed by atoms with Crippen molar-refractivity contribution in [1.82, 2.24) is 9.80 Å². The van der Waals surface area contributed by atoms with Crippen LogP contribution in [0.15, 0.2) is 18.2 Å². The molecule has 2 heterocycles. The second kappa shape index (κ2) is 9.00. The number of benzene rings is 1. The minimum Gasteiger partial charge on any atom is -0.450 e. The number of ketones is 1. The van der Waals surface area contributed by atoms with Gasteiger partial charge in [0, 0.05) is 43.9 Å². The number of fused-ring (bicyclic) bond motifs is 1. The van der Waals surface area contributed by atoms with Gasteiger partial charge in [0.15, 0.2) is 5.78 Å². The van der Waals surface area contributed by atoms with E-state index in [1.807, 2.05) is 6.07 Å². The number of ether oxygens (including phenoxy) is 1. The molecule has 1 aromatic carbocycles. The Kier molecular flexibility index (Phi) is 6.99. The first-order valence-corrected chi connectivity index (χ1v) is 8.67. The Balaban J connectivity index is 0.00000243. The van der Waals surface area contributed by atoms with E-state index in [1.165, 1.54) is 0 Å². The molecule has 0 spiro atoms. The van der Waals surface area contributed by atoms with Gasteiger partial charge in [0.2, 0.25) is 5.91 Å². The van der Waals surface area contributed by atoms with E-state index in [1.54, 1.807) is 24.0 Å². The van der Waals surface area contributed by atoms with Gasteiger partial charge < -0.3 is 15.0 Å². The summed E-state index contributed by atoms with van der Waals surface area (Å²) in [4.78, 5) is 39.4. The molecule has 0 aliphatic carbocycles. The number of aryl methyl sites for hydroxylation is 1. The number of piperazine rings is 1. The lowest BCUT2D eigenvalue weighted by Gasteiger charge is -2.33.